The Kier molecular flexibility index (Phi) is 5.40. The quantitative estimate of drug-likeness (QED) is 0.304. The zero-order valence-electron chi connectivity index (χ0n) is 19.7. The van der Waals surface area contributed by atoms with E-state index in [1.807, 2.05) is 24.3 Å². The minimum Gasteiger partial charge on any atom is -0.482 e. The van der Waals surface area contributed by atoms with Gasteiger partial charge in [-0.05, 0) is 59.0 Å². The first kappa shape index (κ1) is 22.2. The maximum Gasteiger partial charge on any atom is 0.344 e. The highest BCUT2D eigenvalue weighted by Gasteiger charge is 2.61. The molecular formula is C29H24N2O5. The van der Waals surface area contributed by atoms with Gasteiger partial charge in [0.05, 0.1) is 24.7 Å². The number of amides is 2. The molecule has 0 aromatic heterocycles. The van der Waals surface area contributed by atoms with Gasteiger partial charge in [-0.15, -0.1) is 0 Å². The van der Waals surface area contributed by atoms with Crippen molar-refractivity contribution in [3.05, 3.63) is 101 Å². The van der Waals surface area contributed by atoms with Gasteiger partial charge in [0.1, 0.15) is 5.75 Å². The molecule has 7 heteroatoms. The van der Waals surface area contributed by atoms with Crippen molar-refractivity contribution in [3.63, 3.8) is 0 Å². The highest BCUT2D eigenvalue weighted by atomic mass is 16.6. The number of imide groups is 1. The van der Waals surface area contributed by atoms with Crippen molar-refractivity contribution >= 4 is 24.0 Å². The molecule has 2 atom stereocenters. The summed E-state index contributed by atoms with van der Waals surface area (Å²) in [6, 6.07) is 23.2. The Morgan fingerprint density at radius 3 is 1.81 bits per heavy atom. The summed E-state index contributed by atoms with van der Waals surface area (Å²) in [5.74, 6) is -1.66. The SMILES string of the molecule is CCOC(=O)COc1ccc(/C=N\N2C(=O)[C@@H]3C4c5ccccc5C(c5ccccc54)[C@@H]3C2=O)cc1. The lowest BCUT2D eigenvalue weighted by Gasteiger charge is -2.45. The van der Waals surface area contributed by atoms with Crippen LogP contribution in [0.4, 0.5) is 0 Å². The number of carbonyl (C=O) groups excluding carboxylic acids is 3. The molecule has 4 aliphatic rings. The van der Waals surface area contributed by atoms with Crippen LogP contribution in [0.15, 0.2) is 77.9 Å². The molecule has 36 heavy (non-hydrogen) atoms. The van der Waals surface area contributed by atoms with Crippen LogP contribution in [0.3, 0.4) is 0 Å². The minimum absolute atomic E-state index is 0.153. The summed E-state index contributed by atoms with van der Waals surface area (Å²) in [6.45, 7) is 1.86. The number of ether oxygens (including phenoxy) is 2. The van der Waals surface area contributed by atoms with Gasteiger partial charge < -0.3 is 9.47 Å². The summed E-state index contributed by atoms with van der Waals surface area (Å²) in [6.07, 6.45) is 1.50. The van der Waals surface area contributed by atoms with Crippen LogP contribution in [-0.2, 0) is 19.1 Å². The molecule has 180 valence electrons. The third kappa shape index (κ3) is 3.42. The molecule has 2 amide bonds. The van der Waals surface area contributed by atoms with E-state index >= 15 is 0 Å². The molecule has 1 saturated heterocycles. The Morgan fingerprint density at radius 2 is 1.33 bits per heavy atom. The van der Waals surface area contributed by atoms with Crippen LogP contribution in [0.1, 0.15) is 46.6 Å². The Balaban J connectivity index is 1.25. The zero-order valence-corrected chi connectivity index (χ0v) is 19.7. The molecular weight excluding hydrogens is 456 g/mol. The van der Waals surface area contributed by atoms with Gasteiger partial charge in [-0.1, -0.05) is 48.5 Å². The first-order valence-corrected chi connectivity index (χ1v) is 12.1. The molecule has 0 spiro atoms. The van der Waals surface area contributed by atoms with Crippen LogP contribution in [0.5, 0.6) is 5.75 Å². The molecule has 0 unspecified atom stereocenters. The number of hydrogen-bond donors (Lipinski definition) is 0. The number of benzene rings is 3. The fourth-order valence-corrected chi connectivity index (χ4v) is 5.89. The lowest BCUT2D eigenvalue weighted by atomic mass is 9.55. The van der Waals surface area contributed by atoms with Crippen LogP contribution in [0.25, 0.3) is 0 Å². The fraction of sp³-hybridized carbons (Fsp3) is 0.241. The van der Waals surface area contributed by atoms with Gasteiger partial charge in [0.15, 0.2) is 6.61 Å². The number of nitrogens with zero attached hydrogens (tertiary/aromatic N) is 2. The number of rotatable bonds is 6. The van der Waals surface area contributed by atoms with Crippen molar-refractivity contribution in [2.24, 2.45) is 16.9 Å². The van der Waals surface area contributed by atoms with E-state index in [2.05, 4.69) is 29.4 Å². The van der Waals surface area contributed by atoms with E-state index in [4.69, 9.17) is 9.47 Å². The molecule has 1 fully saturated rings. The van der Waals surface area contributed by atoms with Gasteiger partial charge in [0.2, 0.25) is 0 Å². The van der Waals surface area contributed by atoms with Crippen molar-refractivity contribution in [1.29, 1.82) is 0 Å². The van der Waals surface area contributed by atoms with Crippen LogP contribution in [0, 0.1) is 11.8 Å². The molecule has 3 aliphatic carbocycles. The first-order chi connectivity index (χ1) is 17.6. The molecule has 1 heterocycles. The fourth-order valence-electron chi connectivity index (χ4n) is 5.89. The zero-order chi connectivity index (χ0) is 24.8. The average molecular weight is 481 g/mol. The Morgan fingerprint density at radius 1 is 0.833 bits per heavy atom. The largest absolute Gasteiger partial charge is 0.482 e. The molecule has 3 aromatic rings. The van der Waals surface area contributed by atoms with E-state index in [0.717, 1.165) is 27.3 Å². The van der Waals surface area contributed by atoms with Gasteiger partial charge in [-0.3, -0.25) is 9.59 Å². The number of esters is 1. The standard InChI is InChI=1S/C29H24N2O5/c1-2-35-23(32)16-36-18-13-11-17(12-14-18)15-30-31-28(33)26-24-19-7-3-4-8-20(19)25(27(26)29(31)34)22-10-6-5-9-21(22)24/h3-15,24-27H,2,16H2,1H3/b30-15-/t24?,25?,26-,27+. The van der Waals surface area contributed by atoms with Gasteiger partial charge in [-0.25, -0.2) is 4.79 Å². The molecule has 7 nitrogen and oxygen atoms in total. The Hall–Kier alpha value is -4.26. The number of hydrazone groups is 1. The normalized spacial score (nSPS) is 23.4. The molecule has 3 aromatic carbocycles. The minimum atomic E-state index is -0.455. The van der Waals surface area contributed by atoms with Crippen molar-refractivity contribution < 1.29 is 23.9 Å². The maximum absolute atomic E-state index is 13.6. The highest BCUT2D eigenvalue weighted by Crippen LogP contribution is 2.60. The number of carbonyl (C=O) groups is 3. The van der Waals surface area contributed by atoms with E-state index in [-0.39, 0.29) is 30.3 Å². The monoisotopic (exact) mass is 480 g/mol. The van der Waals surface area contributed by atoms with E-state index in [9.17, 15) is 14.4 Å². The Labute approximate surface area is 208 Å². The average Bonchev–Trinajstić information content (AvgIpc) is 3.17. The lowest BCUT2D eigenvalue weighted by molar-refractivity contribution is -0.145. The van der Waals surface area contributed by atoms with Gasteiger partial charge >= 0.3 is 5.97 Å². The van der Waals surface area contributed by atoms with E-state index in [1.165, 1.54) is 6.21 Å². The highest BCUT2D eigenvalue weighted by molar-refractivity contribution is 6.08. The summed E-state index contributed by atoms with van der Waals surface area (Å²) < 4.78 is 10.3. The summed E-state index contributed by atoms with van der Waals surface area (Å²) in [7, 11) is 0. The lowest BCUT2D eigenvalue weighted by Crippen LogP contribution is -2.41. The summed E-state index contributed by atoms with van der Waals surface area (Å²) in [5, 5.41) is 5.38. The van der Waals surface area contributed by atoms with Crippen LogP contribution in [-0.4, -0.2) is 42.2 Å². The van der Waals surface area contributed by atoms with Crippen molar-refractivity contribution in [3.8, 4) is 5.75 Å². The van der Waals surface area contributed by atoms with Crippen molar-refractivity contribution in [2.45, 2.75) is 18.8 Å². The summed E-state index contributed by atoms with van der Waals surface area (Å²) in [5.41, 5.74) is 5.23. The van der Waals surface area contributed by atoms with Crippen molar-refractivity contribution in [2.75, 3.05) is 13.2 Å². The number of hydrogen-bond acceptors (Lipinski definition) is 6. The van der Waals surface area contributed by atoms with Crippen LogP contribution < -0.4 is 4.74 Å². The van der Waals surface area contributed by atoms with Gasteiger partial charge in [0.25, 0.3) is 11.8 Å². The maximum atomic E-state index is 13.6. The predicted octanol–water partition coefficient (Wildman–Crippen LogP) is 3.85. The smallest absolute Gasteiger partial charge is 0.344 e. The van der Waals surface area contributed by atoms with E-state index in [1.54, 1.807) is 31.2 Å². The topological polar surface area (TPSA) is 85.3 Å². The third-order valence-electron chi connectivity index (χ3n) is 7.29. The third-order valence-corrected chi connectivity index (χ3v) is 7.29. The second-order valence-corrected chi connectivity index (χ2v) is 9.16. The van der Waals surface area contributed by atoms with E-state index in [0.29, 0.717) is 17.9 Å². The molecule has 1 aliphatic heterocycles. The molecule has 0 saturated carbocycles. The summed E-state index contributed by atoms with van der Waals surface area (Å²) >= 11 is 0. The van der Waals surface area contributed by atoms with Gasteiger partial charge in [-0.2, -0.15) is 10.1 Å². The second kappa shape index (κ2) is 8.75. The molecule has 0 N–H and O–H groups in total. The van der Waals surface area contributed by atoms with Crippen LogP contribution in [0.2, 0.25) is 0 Å². The van der Waals surface area contributed by atoms with Crippen LogP contribution >= 0.6 is 0 Å². The molecule has 2 bridgehead atoms. The molecule has 7 rings (SSSR count). The second-order valence-electron chi connectivity index (χ2n) is 9.16. The van der Waals surface area contributed by atoms with E-state index < -0.39 is 17.8 Å². The van der Waals surface area contributed by atoms with Gasteiger partial charge in [0, 0.05) is 11.8 Å². The summed E-state index contributed by atoms with van der Waals surface area (Å²) in [4.78, 5) is 38.6. The first-order valence-electron chi connectivity index (χ1n) is 12.1. The Bertz CT molecular complexity index is 1280. The molecule has 0 radical (unpaired) electrons. The van der Waals surface area contributed by atoms with Crippen molar-refractivity contribution in [1.82, 2.24) is 5.01 Å². The predicted molar refractivity (Wildman–Crippen MR) is 132 cm³/mol.